The number of carbonyl (C=O) groups is 2. The summed E-state index contributed by atoms with van der Waals surface area (Å²) in [7, 11) is 0. The van der Waals surface area contributed by atoms with E-state index in [1.165, 1.54) is 0 Å². The molecule has 1 aliphatic heterocycles. The largest absolute Gasteiger partial charge is 0.483 e. The van der Waals surface area contributed by atoms with Crippen LogP contribution in [0.15, 0.2) is 54.7 Å². The van der Waals surface area contributed by atoms with E-state index in [4.69, 9.17) is 4.74 Å². The number of nitrogens with zero attached hydrogens (tertiary/aromatic N) is 1. The number of hydrogen-bond acceptors (Lipinski definition) is 3. The molecular formula is C20H19N3O3. The molecule has 1 aromatic heterocycles. The van der Waals surface area contributed by atoms with Gasteiger partial charge in [0.05, 0.1) is 0 Å². The minimum absolute atomic E-state index is 0.0214. The summed E-state index contributed by atoms with van der Waals surface area (Å²) < 4.78 is 5.54. The van der Waals surface area contributed by atoms with Gasteiger partial charge in [-0.15, -0.1) is 0 Å². The topological polar surface area (TPSA) is 74.4 Å². The molecule has 3 aromatic rings. The molecule has 0 fully saturated rings. The number of hydrogen-bond donors (Lipinski definition) is 2. The number of rotatable bonds is 4. The number of fused-ring (bicyclic) bond motifs is 2. The summed E-state index contributed by atoms with van der Waals surface area (Å²) in [6, 6.07) is 15.1. The molecule has 26 heavy (non-hydrogen) atoms. The van der Waals surface area contributed by atoms with Gasteiger partial charge < -0.3 is 19.9 Å². The Kier molecular flexibility index (Phi) is 4.31. The zero-order valence-electron chi connectivity index (χ0n) is 14.2. The molecule has 2 amide bonds. The van der Waals surface area contributed by atoms with Crippen molar-refractivity contribution in [2.45, 2.75) is 6.54 Å². The second kappa shape index (κ2) is 6.92. The van der Waals surface area contributed by atoms with Gasteiger partial charge in [0.25, 0.3) is 11.8 Å². The summed E-state index contributed by atoms with van der Waals surface area (Å²) in [5.41, 5.74) is 2.52. The number of aromatic amines is 1. The van der Waals surface area contributed by atoms with Crippen LogP contribution in [-0.2, 0) is 11.3 Å². The molecule has 4 rings (SSSR count). The van der Waals surface area contributed by atoms with Crippen molar-refractivity contribution in [1.29, 1.82) is 0 Å². The minimum Gasteiger partial charge on any atom is -0.483 e. The van der Waals surface area contributed by atoms with Crippen LogP contribution in [0.4, 0.5) is 0 Å². The summed E-state index contributed by atoms with van der Waals surface area (Å²) in [6.07, 6.45) is 1.81. The van der Waals surface area contributed by atoms with Crippen LogP contribution < -0.4 is 10.1 Å². The average Bonchev–Trinajstić information content (AvgIpc) is 3.08. The molecule has 0 saturated carbocycles. The van der Waals surface area contributed by atoms with Gasteiger partial charge in [-0.3, -0.25) is 9.59 Å². The second-order valence-corrected chi connectivity index (χ2v) is 6.21. The Balaban J connectivity index is 1.40. The van der Waals surface area contributed by atoms with Crippen LogP contribution in [0.2, 0.25) is 0 Å². The number of benzene rings is 2. The molecule has 1 aliphatic rings. The predicted molar refractivity (Wildman–Crippen MR) is 98.0 cm³/mol. The monoisotopic (exact) mass is 349 g/mol. The van der Waals surface area contributed by atoms with E-state index in [-0.39, 0.29) is 18.4 Å². The number of amides is 2. The number of nitrogens with one attached hydrogen (secondary N) is 2. The maximum absolute atomic E-state index is 12.5. The van der Waals surface area contributed by atoms with Crippen molar-refractivity contribution < 1.29 is 14.3 Å². The highest BCUT2D eigenvalue weighted by Gasteiger charge is 2.21. The Morgan fingerprint density at radius 1 is 1.15 bits per heavy atom. The first-order valence-electron chi connectivity index (χ1n) is 8.55. The third kappa shape index (κ3) is 3.13. The molecule has 0 unspecified atom stereocenters. The van der Waals surface area contributed by atoms with Crippen LogP contribution in [0.3, 0.4) is 0 Å². The van der Waals surface area contributed by atoms with Crippen molar-refractivity contribution in [2.24, 2.45) is 0 Å². The van der Waals surface area contributed by atoms with E-state index in [0.29, 0.717) is 25.2 Å². The average molecular weight is 349 g/mol. The van der Waals surface area contributed by atoms with Crippen LogP contribution in [-0.4, -0.2) is 41.4 Å². The molecule has 2 aromatic carbocycles. The highest BCUT2D eigenvalue weighted by atomic mass is 16.5. The molecule has 0 spiro atoms. The molecule has 0 saturated heterocycles. The summed E-state index contributed by atoms with van der Waals surface area (Å²) >= 11 is 0. The van der Waals surface area contributed by atoms with E-state index in [1.807, 2.05) is 48.7 Å². The molecular weight excluding hydrogens is 330 g/mol. The fourth-order valence-corrected chi connectivity index (χ4v) is 3.19. The second-order valence-electron chi connectivity index (χ2n) is 6.21. The summed E-state index contributed by atoms with van der Waals surface area (Å²) in [5, 5.41) is 3.79. The quantitative estimate of drug-likeness (QED) is 0.759. The Hall–Kier alpha value is -3.28. The molecule has 6 nitrogen and oxygen atoms in total. The fraction of sp³-hybridized carbons (Fsp3) is 0.200. The van der Waals surface area contributed by atoms with Crippen LogP contribution in [0, 0.1) is 0 Å². The number of carbonyl (C=O) groups excluding carboxylic acids is 2. The van der Waals surface area contributed by atoms with Gasteiger partial charge in [-0.1, -0.05) is 24.3 Å². The van der Waals surface area contributed by atoms with Gasteiger partial charge in [0.1, 0.15) is 5.75 Å². The summed E-state index contributed by atoms with van der Waals surface area (Å²) in [5.74, 6) is 0.517. The van der Waals surface area contributed by atoms with Crippen LogP contribution in [0.25, 0.3) is 10.9 Å². The molecule has 2 N–H and O–H groups in total. The lowest BCUT2D eigenvalue weighted by Gasteiger charge is -2.20. The molecule has 2 heterocycles. The van der Waals surface area contributed by atoms with Crippen molar-refractivity contribution >= 4 is 22.7 Å². The number of aromatic nitrogens is 1. The maximum atomic E-state index is 12.5. The fourth-order valence-electron chi connectivity index (χ4n) is 3.19. The first kappa shape index (κ1) is 16.2. The predicted octanol–water partition coefficient (Wildman–Crippen LogP) is 2.32. The van der Waals surface area contributed by atoms with Crippen LogP contribution in [0.1, 0.15) is 15.9 Å². The molecule has 6 heteroatoms. The molecule has 0 bridgehead atoms. The number of ether oxygens (including phenoxy) is 1. The van der Waals surface area contributed by atoms with E-state index >= 15 is 0 Å². The van der Waals surface area contributed by atoms with E-state index in [2.05, 4.69) is 10.3 Å². The lowest BCUT2D eigenvalue weighted by molar-refractivity contribution is -0.133. The smallest absolute Gasteiger partial charge is 0.260 e. The van der Waals surface area contributed by atoms with E-state index in [0.717, 1.165) is 22.2 Å². The zero-order valence-corrected chi connectivity index (χ0v) is 14.2. The van der Waals surface area contributed by atoms with Crippen molar-refractivity contribution in [3.63, 3.8) is 0 Å². The Bertz CT molecular complexity index is 964. The highest BCUT2D eigenvalue weighted by Crippen LogP contribution is 2.22. The van der Waals surface area contributed by atoms with Crippen LogP contribution in [0.5, 0.6) is 5.75 Å². The molecule has 132 valence electrons. The number of para-hydroxylation sites is 1. The Morgan fingerprint density at radius 2 is 2.04 bits per heavy atom. The van der Waals surface area contributed by atoms with Crippen LogP contribution >= 0.6 is 0 Å². The molecule has 0 atom stereocenters. The first-order valence-corrected chi connectivity index (χ1v) is 8.55. The Labute approximate surface area is 150 Å². The van der Waals surface area contributed by atoms with E-state index in [9.17, 15) is 9.59 Å². The first-order chi connectivity index (χ1) is 12.7. The molecule has 0 radical (unpaired) electrons. The van der Waals surface area contributed by atoms with Crippen molar-refractivity contribution in [3.8, 4) is 5.75 Å². The van der Waals surface area contributed by atoms with Gasteiger partial charge in [0.2, 0.25) is 0 Å². The standard InChI is InChI=1S/C20H19N3O3/c24-19-13-26-18-7-2-1-4-14(18)12-23(19)11-10-22-20(25)16-5-3-6-17-15(16)8-9-21-17/h1-9,21H,10-13H2,(H,22,25). The zero-order chi connectivity index (χ0) is 17.9. The molecule has 0 aliphatic carbocycles. The normalized spacial score (nSPS) is 13.8. The van der Waals surface area contributed by atoms with Crippen molar-refractivity contribution in [2.75, 3.05) is 19.7 Å². The minimum atomic E-state index is -0.144. The van der Waals surface area contributed by atoms with Gasteiger partial charge in [-0.05, 0) is 24.3 Å². The van der Waals surface area contributed by atoms with Crippen molar-refractivity contribution in [3.05, 3.63) is 65.9 Å². The van der Waals surface area contributed by atoms with E-state index < -0.39 is 0 Å². The third-order valence-corrected chi connectivity index (χ3v) is 4.54. The van der Waals surface area contributed by atoms with Gasteiger partial charge in [-0.2, -0.15) is 0 Å². The SMILES string of the molecule is O=C(NCCN1Cc2ccccc2OCC1=O)c1cccc2[nH]ccc12. The van der Waals surface area contributed by atoms with Gasteiger partial charge >= 0.3 is 0 Å². The van der Waals surface area contributed by atoms with E-state index in [1.54, 1.807) is 11.0 Å². The van der Waals surface area contributed by atoms with Gasteiger partial charge in [0.15, 0.2) is 6.61 Å². The van der Waals surface area contributed by atoms with Gasteiger partial charge in [-0.25, -0.2) is 0 Å². The highest BCUT2D eigenvalue weighted by molar-refractivity contribution is 6.06. The Morgan fingerprint density at radius 3 is 2.96 bits per heavy atom. The number of H-pyrrole nitrogens is 1. The maximum Gasteiger partial charge on any atom is 0.260 e. The van der Waals surface area contributed by atoms with Crippen molar-refractivity contribution in [1.82, 2.24) is 15.2 Å². The summed E-state index contributed by atoms with van der Waals surface area (Å²) in [6.45, 7) is 1.32. The summed E-state index contributed by atoms with van der Waals surface area (Å²) in [4.78, 5) is 29.6. The lowest BCUT2D eigenvalue weighted by Crippen LogP contribution is -2.39. The van der Waals surface area contributed by atoms with Gasteiger partial charge in [0, 0.05) is 47.9 Å². The lowest BCUT2D eigenvalue weighted by atomic mass is 10.1. The third-order valence-electron chi connectivity index (χ3n) is 4.54.